The van der Waals surface area contributed by atoms with Gasteiger partial charge in [0.15, 0.2) is 0 Å². The van der Waals surface area contributed by atoms with Crippen molar-refractivity contribution in [3.05, 3.63) is 41.5 Å². The Morgan fingerprint density at radius 1 is 1.25 bits per heavy atom. The van der Waals surface area contributed by atoms with Crippen molar-refractivity contribution in [2.45, 2.75) is 6.42 Å². The highest BCUT2D eigenvalue weighted by molar-refractivity contribution is 5.72. The van der Waals surface area contributed by atoms with E-state index in [2.05, 4.69) is 6.08 Å². The molecule has 0 heterocycles. The first-order valence-electron chi connectivity index (χ1n) is 4.11. The summed E-state index contributed by atoms with van der Waals surface area (Å²) in [5.74, 6) is 0.213. The average Bonchev–Trinajstić information content (AvgIpc) is 2.85. The minimum atomic E-state index is 0.213. The lowest BCUT2D eigenvalue weighted by molar-refractivity contribution is -0.108. The molecule has 1 saturated carbocycles. The average molecular weight is 158 g/mol. The monoisotopic (exact) mass is 158 g/mol. The lowest BCUT2D eigenvalue weighted by atomic mass is 10.2. The van der Waals surface area contributed by atoms with Gasteiger partial charge in [0.2, 0.25) is 0 Å². The predicted octanol–water partition coefficient (Wildman–Crippen LogP) is 2.29. The maximum atomic E-state index is 10.3. The van der Waals surface area contributed by atoms with Crippen molar-refractivity contribution in [2.75, 3.05) is 0 Å². The van der Waals surface area contributed by atoms with Gasteiger partial charge in [-0.05, 0) is 12.0 Å². The molecule has 0 N–H and O–H groups in total. The largest absolute Gasteiger partial charge is 0.303 e. The van der Waals surface area contributed by atoms with Crippen molar-refractivity contribution in [1.82, 2.24) is 0 Å². The number of rotatable bonds is 2. The van der Waals surface area contributed by atoms with Crippen molar-refractivity contribution in [3.63, 3.8) is 0 Å². The molecule has 1 unspecified atom stereocenters. The van der Waals surface area contributed by atoms with Crippen LogP contribution < -0.4 is 0 Å². The second-order valence-electron chi connectivity index (χ2n) is 3.08. The number of hydrogen-bond acceptors (Lipinski definition) is 1. The molecule has 1 aliphatic rings. The third-order valence-electron chi connectivity index (χ3n) is 2.09. The lowest BCUT2D eigenvalue weighted by Gasteiger charge is -1.88. The Labute approximate surface area is 71.7 Å². The van der Waals surface area contributed by atoms with E-state index in [1.165, 1.54) is 11.1 Å². The molecule has 0 spiro atoms. The minimum absolute atomic E-state index is 0.213. The molecule has 2 rings (SSSR count). The zero-order chi connectivity index (χ0) is 8.39. The Morgan fingerprint density at radius 3 is 2.58 bits per heavy atom. The summed E-state index contributed by atoms with van der Waals surface area (Å²) in [4.78, 5) is 10.3. The van der Waals surface area contributed by atoms with Gasteiger partial charge in [0.05, 0.1) is 0 Å². The fourth-order valence-corrected chi connectivity index (χ4v) is 1.26. The first kappa shape index (κ1) is 7.29. The van der Waals surface area contributed by atoms with E-state index in [0.717, 1.165) is 12.7 Å². The summed E-state index contributed by atoms with van der Waals surface area (Å²) in [5, 5.41) is 0. The topological polar surface area (TPSA) is 17.1 Å². The molecule has 1 nitrogen and oxygen atoms in total. The van der Waals surface area contributed by atoms with E-state index in [9.17, 15) is 4.79 Å². The summed E-state index contributed by atoms with van der Waals surface area (Å²) in [6, 6.07) is 10.1. The van der Waals surface area contributed by atoms with Crippen molar-refractivity contribution < 1.29 is 4.79 Å². The second-order valence-corrected chi connectivity index (χ2v) is 3.08. The molecule has 1 aliphatic carbocycles. The Balaban J connectivity index is 2.15. The standard InChI is InChI=1S/C11H10O/c12-8-11-7-10(11)6-9-4-2-1-3-5-9/h1-6,8,11H,7H2/b10-6+. The summed E-state index contributed by atoms with van der Waals surface area (Å²) < 4.78 is 0. The molecule has 1 atom stereocenters. The third kappa shape index (κ3) is 1.45. The van der Waals surface area contributed by atoms with E-state index in [1.54, 1.807) is 0 Å². The molecule has 0 radical (unpaired) electrons. The van der Waals surface area contributed by atoms with E-state index in [1.807, 2.05) is 30.3 Å². The molecule has 0 aliphatic heterocycles. The van der Waals surface area contributed by atoms with Gasteiger partial charge in [-0.1, -0.05) is 42.0 Å². The lowest BCUT2D eigenvalue weighted by Crippen LogP contribution is -1.72. The quantitative estimate of drug-likeness (QED) is 0.603. The van der Waals surface area contributed by atoms with Gasteiger partial charge in [-0.25, -0.2) is 0 Å². The first-order valence-corrected chi connectivity index (χ1v) is 4.11. The molecule has 0 saturated heterocycles. The van der Waals surface area contributed by atoms with Gasteiger partial charge in [0, 0.05) is 5.92 Å². The molecule has 60 valence electrons. The van der Waals surface area contributed by atoms with Crippen LogP contribution in [0, 0.1) is 5.92 Å². The molecule has 0 aromatic heterocycles. The molecule has 0 amide bonds. The first-order chi connectivity index (χ1) is 5.90. The van der Waals surface area contributed by atoms with Crippen LogP contribution >= 0.6 is 0 Å². The molecule has 0 bridgehead atoms. The Bertz CT molecular complexity index is 311. The van der Waals surface area contributed by atoms with Crippen LogP contribution in [0.4, 0.5) is 0 Å². The molecule has 1 fully saturated rings. The van der Waals surface area contributed by atoms with Crippen LogP contribution in [0.15, 0.2) is 35.9 Å². The van der Waals surface area contributed by atoms with Crippen LogP contribution in [0.1, 0.15) is 12.0 Å². The summed E-state index contributed by atoms with van der Waals surface area (Å²) in [6.45, 7) is 0. The Hall–Kier alpha value is -1.37. The van der Waals surface area contributed by atoms with Gasteiger partial charge in [0.25, 0.3) is 0 Å². The van der Waals surface area contributed by atoms with Crippen LogP contribution in [0.5, 0.6) is 0 Å². The maximum Gasteiger partial charge on any atom is 0.127 e. The van der Waals surface area contributed by atoms with E-state index >= 15 is 0 Å². The number of hydrogen-bond donors (Lipinski definition) is 0. The zero-order valence-electron chi connectivity index (χ0n) is 6.73. The second kappa shape index (κ2) is 2.94. The van der Waals surface area contributed by atoms with Crippen LogP contribution in [-0.4, -0.2) is 6.29 Å². The molecule has 1 aromatic rings. The van der Waals surface area contributed by atoms with Gasteiger partial charge in [-0.2, -0.15) is 0 Å². The van der Waals surface area contributed by atoms with Crippen LogP contribution in [0.3, 0.4) is 0 Å². The molecule has 12 heavy (non-hydrogen) atoms. The van der Waals surface area contributed by atoms with Crippen LogP contribution in [0.2, 0.25) is 0 Å². The predicted molar refractivity (Wildman–Crippen MR) is 48.6 cm³/mol. The number of allylic oxidation sites excluding steroid dienone is 1. The smallest absolute Gasteiger partial charge is 0.127 e. The normalized spacial score (nSPS) is 24.0. The van der Waals surface area contributed by atoms with Crippen LogP contribution in [-0.2, 0) is 4.79 Å². The van der Waals surface area contributed by atoms with Gasteiger partial charge < -0.3 is 4.79 Å². The number of benzene rings is 1. The van der Waals surface area contributed by atoms with Crippen molar-refractivity contribution in [2.24, 2.45) is 5.92 Å². The van der Waals surface area contributed by atoms with Gasteiger partial charge in [0.1, 0.15) is 6.29 Å². The van der Waals surface area contributed by atoms with E-state index < -0.39 is 0 Å². The molecular weight excluding hydrogens is 148 g/mol. The Kier molecular flexibility index (Phi) is 1.78. The summed E-state index contributed by atoms with van der Waals surface area (Å²) in [7, 11) is 0. The van der Waals surface area contributed by atoms with Gasteiger partial charge in [-0.3, -0.25) is 0 Å². The van der Waals surface area contributed by atoms with E-state index in [-0.39, 0.29) is 5.92 Å². The van der Waals surface area contributed by atoms with Gasteiger partial charge in [-0.15, -0.1) is 0 Å². The SMILES string of the molecule is O=CC1C/C1=C\c1ccccc1. The van der Waals surface area contributed by atoms with E-state index in [4.69, 9.17) is 0 Å². The Morgan fingerprint density at radius 2 is 2.00 bits per heavy atom. The number of carbonyl (C=O) groups is 1. The van der Waals surface area contributed by atoms with Gasteiger partial charge >= 0.3 is 0 Å². The third-order valence-corrected chi connectivity index (χ3v) is 2.09. The number of aldehydes is 1. The van der Waals surface area contributed by atoms with Crippen molar-refractivity contribution in [3.8, 4) is 0 Å². The highest BCUT2D eigenvalue weighted by atomic mass is 16.1. The van der Waals surface area contributed by atoms with E-state index in [0.29, 0.717) is 0 Å². The number of carbonyl (C=O) groups excluding carboxylic acids is 1. The molecule has 1 aromatic carbocycles. The maximum absolute atomic E-state index is 10.3. The molecular formula is C11H10O. The fraction of sp³-hybridized carbons (Fsp3) is 0.182. The zero-order valence-corrected chi connectivity index (χ0v) is 6.73. The van der Waals surface area contributed by atoms with Crippen molar-refractivity contribution >= 4 is 12.4 Å². The van der Waals surface area contributed by atoms with Crippen LogP contribution in [0.25, 0.3) is 6.08 Å². The summed E-state index contributed by atoms with van der Waals surface area (Å²) >= 11 is 0. The van der Waals surface area contributed by atoms with Crippen molar-refractivity contribution in [1.29, 1.82) is 0 Å². The fourth-order valence-electron chi connectivity index (χ4n) is 1.26. The molecule has 1 heteroatoms. The summed E-state index contributed by atoms with van der Waals surface area (Å²) in [5.41, 5.74) is 2.45. The minimum Gasteiger partial charge on any atom is -0.303 e. The highest BCUT2D eigenvalue weighted by Gasteiger charge is 2.28. The highest BCUT2D eigenvalue weighted by Crippen LogP contribution is 2.36. The summed E-state index contributed by atoms with van der Waals surface area (Å²) in [6.07, 6.45) is 4.08.